The Kier molecular flexibility index (Phi) is 4.02. The second kappa shape index (κ2) is 6.12. The lowest BCUT2D eigenvalue weighted by Gasteiger charge is -2.19. The number of fused-ring (bicyclic) bond motifs is 3. The molecular formula is C18H19F3N4O. The Bertz CT molecular complexity index is 966. The van der Waals surface area contributed by atoms with Gasteiger partial charge >= 0.3 is 6.18 Å². The molecule has 2 atom stereocenters. The second-order valence-electron chi connectivity index (χ2n) is 6.87. The minimum atomic E-state index is -4.61. The molecule has 8 heteroatoms. The topological polar surface area (TPSA) is 63.0 Å². The molecule has 3 aromatic rings. The Hall–Kier alpha value is -2.35. The van der Waals surface area contributed by atoms with Crippen LogP contribution in [0.25, 0.3) is 21.9 Å². The van der Waals surface area contributed by atoms with Gasteiger partial charge in [0.1, 0.15) is 11.3 Å². The molecule has 0 aliphatic carbocycles. The van der Waals surface area contributed by atoms with E-state index in [1.807, 2.05) is 4.57 Å². The zero-order valence-electron chi connectivity index (χ0n) is 14.2. The Labute approximate surface area is 147 Å². The van der Waals surface area contributed by atoms with E-state index < -0.39 is 12.0 Å². The van der Waals surface area contributed by atoms with E-state index in [9.17, 15) is 18.3 Å². The molecule has 1 saturated heterocycles. The van der Waals surface area contributed by atoms with Crippen LogP contribution in [-0.4, -0.2) is 32.2 Å². The van der Waals surface area contributed by atoms with Crippen LogP contribution in [0.4, 0.5) is 13.2 Å². The van der Waals surface area contributed by atoms with Gasteiger partial charge in [0.05, 0.1) is 17.2 Å². The van der Waals surface area contributed by atoms with E-state index in [2.05, 4.69) is 22.2 Å². The molecule has 1 aromatic carbocycles. The van der Waals surface area contributed by atoms with Crippen LogP contribution >= 0.6 is 0 Å². The predicted octanol–water partition coefficient (Wildman–Crippen LogP) is 4.01. The number of nitrogens with zero attached hydrogens (tertiary/aromatic N) is 3. The van der Waals surface area contributed by atoms with Crippen molar-refractivity contribution >= 4 is 21.9 Å². The van der Waals surface area contributed by atoms with Gasteiger partial charge in [-0.1, -0.05) is 0 Å². The fourth-order valence-electron chi connectivity index (χ4n) is 3.78. The van der Waals surface area contributed by atoms with Crippen LogP contribution in [0.1, 0.15) is 38.1 Å². The summed E-state index contributed by atoms with van der Waals surface area (Å²) >= 11 is 0. The first kappa shape index (κ1) is 17.1. The molecule has 1 aliphatic rings. The molecular weight excluding hydrogens is 345 g/mol. The molecule has 138 valence electrons. The van der Waals surface area contributed by atoms with Gasteiger partial charge in [0.25, 0.3) is 0 Å². The van der Waals surface area contributed by atoms with E-state index >= 15 is 0 Å². The number of phenolic OH excluding ortho intramolecular Hbond substituents is 1. The van der Waals surface area contributed by atoms with Gasteiger partial charge in [-0.3, -0.25) is 0 Å². The highest BCUT2D eigenvalue weighted by molar-refractivity contribution is 6.06. The van der Waals surface area contributed by atoms with Gasteiger partial charge < -0.3 is 15.0 Å². The van der Waals surface area contributed by atoms with Crippen molar-refractivity contribution in [2.75, 3.05) is 6.54 Å². The molecule has 4 rings (SSSR count). The van der Waals surface area contributed by atoms with Crippen molar-refractivity contribution < 1.29 is 18.3 Å². The number of aromatic hydroxyl groups is 1. The number of hydrogen-bond donors (Lipinski definition) is 2. The van der Waals surface area contributed by atoms with Crippen molar-refractivity contribution in [1.82, 2.24) is 19.9 Å². The first-order chi connectivity index (χ1) is 12.3. The van der Waals surface area contributed by atoms with Crippen molar-refractivity contribution in [3.8, 4) is 5.75 Å². The lowest BCUT2D eigenvalue weighted by Crippen LogP contribution is -2.24. The van der Waals surface area contributed by atoms with Gasteiger partial charge in [-0.15, -0.1) is 0 Å². The Morgan fingerprint density at radius 2 is 2.00 bits per heavy atom. The number of benzene rings is 1. The Balaban J connectivity index is 1.96. The average Bonchev–Trinajstić information content (AvgIpc) is 2.73. The van der Waals surface area contributed by atoms with Crippen LogP contribution in [0.3, 0.4) is 0 Å². The first-order valence-corrected chi connectivity index (χ1v) is 8.65. The molecule has 0 bridgehead atoms. The molecule has 2 aromatic heterocycles. The van der Waals surface area contributed by atoms with Crippen molar-refractivity contribution in [1.29, 1.82) is 0 Å². The quantitative estimate of drug-likeness (QED) is 0.685. The highest BCUT2D eigenvalue weighted by atomic mass is 19.4. The van der Waals surface area contributed by atoms with E-state index in [1.54, 1.807) is 12.1 Å². The van der Waals surface area contributed by atoms with Crippen molar-refractivity contribution in [3.63, 3.8) is 0 Å². The first-order valence-electron chi connectivity index (χ1n) is 8.65. The number of halogens is 3. The largest absolute Gasteiger partial charge is 0.508 e. The van der Waals surface area contributed by atoms with Crippen LogP contribution in [0.2, 0.25) is 0 Å². The van der Waals surface area contributed by atoms with Gasteiger partial charge in [-0.05, 0) is 50.9 Å². The molecule has 0 spiro atoms. The van der Waals surface area contributed by atoms with Gasteiger partial charge in [0.15, 0.2) is 0 Å². The third kappa shape index (κ3) is 2.88. The summed E-state index contributed by atoms with van der Waals surface area (Å²) in [6, 6.07) is 5.30. The van der Waals surface area contributed by atoms with Crippen molar-refractivity contribution in [2.45, 2.75) is 44.4 Å². The SMILES string of the molecule is CC1CC[C@@H](n2c3ccc(O)cc3c3nc(C(F)(F)F)ncc32)CCN1. The summed E-state index contributed by atoms with van der Waals surface area (Å²) in [4.78, 5) is 7.34. The van der Waals surface area contributed by atoms with Crippen LogP contribution in [0, 0.1) is 0 Å². The van der Waals surface area contributed by atoms with Gasteiger partial charge in [0.2, 0.25) is 5.82 Å². The third-order valence-corrected chi connectivity index (χ3v) is 5.05. The fourth-order valence-corrected chi connectivity index (χ4v) is 3.78. The zero-order chi connectivity index (χ0) is 18.5. The number of hydrogen-bond acceptors (Lipinski definition) is 4. The highest BCUT2D eigenvalue weighted by Crippen LogP contribution is 2.37. The second-order valence-corrected chi connectivity index (χ2v) is 6.87. The van der Waals surface area contributed by atoms with Crippen LogP contribution < -0.4 is 5.32 Å². The number of rotatable bonds is 1. The lowest BCUT2D eigenvalue weighted by molar-refractivity contribution is -0.144. The minimum absolute atomic E-state index is 0.000115. The Morgan fingerprint density at radius 3 is 2.77 bits per heavy atom. The van der Waals surface area contributed by atoms with Gasteiger partial charge in [-0.2, -0.15) is 13.2 Å². The maximum Gasteiger partial charge on any atom is 0.451 e. The molecule has 0 amide bonds. The fraction of sp³-hybridized carbons (Fsp3) is 0.444. The lowest BCUT2D eigenvalue weighted by atomic mass is 10.1. The summed E-state index contributed by atoms with van der Waals surface area (Å²) < 4.78 is 41.2. The Morgan fingerprint density at radius 1 is 1.19 bits per heavy atom. The van der Waals surface area contributed by atoms with Crippen LogP contribution in [0.5, 0.6) is 5.75 Å². The maximum atomic E-state index is 13.1. The molecule has 0 saturated carbocycles. The van der Waals surface area contributed by atoms with Gasteiger partial charge in [0, 0.05) is 17.5 Å². The van der Waals surface area contributed by atoms with E-state index in [4.69, 9.17) is 0 Å². The molecule has 5 nitrogen and oxygen atoms in total. The molecule has 3 heterocycles. The monoisotopic (exact) mass is 364 g/mol. The van der Waals surface area contributed by atoms with E-state index in [1.165, 1.54) is 12.3 Å². The predicted molar refractivity (Wildman–Crippen MR) is 92.1 cm³/mol. The van der Waals surface area contributed by atoms with E-state index in [0.717, 1.165) is 31.3 Å². The molecule has 1 unspecified atom stereocenters. The molecule has 26 heavy (non-hydrogen) atoms. The summed E-state index contributed by atoms with van der Waals surface area (Å²) in [5.74, 6) is -1.16. The summed E-state index contributed by atoms with van der Waals surface area (Å²) in [6.07, 6.45) is -0.601. The summed E-state index contributed by atoms with van der Waals surface area (Å²) in [7, 11) is 0. The van der Waals surface area contributed by atoms with E-state index in [0.29, 0.717) is 16.9 Å². The average molecular weight is 364 g/mol. The van der Waals surface area contributed by atoms with Crippen molar-refractivity contribution in [2.24, 2.45) is 0 Å². The maximum absolute atomic E-state index is 13.1. The van der Waals surface area contributed by atoms with E-state index in [-0.39, 0.29) is 17.3 Å². The number of aromatic nitrogens is 3. The van der Waals surface area contributed by atoms with Crippen LogP contribution in [0.15, 0.2) is 24.4 Å². The third-order valence-electron chi connectivity index (χ3n) is 5.05. The molecule has 0 radical (unpaired) electrons. The number of alkyl halides is 3. The van der Waals surface area contributed by atoms with Gasteiger partial charge in [-0.25, -0.2) is 9.97 Å². The molecule has 2 N–H and O–H groups in total. The number of phenols is 1. The normalized spacial score (nSPS) is 22.0. The molecule has 1 aliphatic heterocycles. The minimum Gasteiger partial charge on any atom is -0.508 e. The smallest absolute Gasteiger partial charge is 0.451 e. The molecule has 1 fully saturated rings. The number of nitrogens with one attached hydrogen (secondary N) is 1. The zero-order valence-corrected chi connectivity index (χ0v) is 14.2. The highest BCUT2D eigenvalue weighted by Gasteiger charge is 2.35. The van der Waals surface area contributed by atoms with Crippen LogP contribution in [-0.2, 0) is 6.18 Å². The van der Waals surface area contributed by atoms with Crippen molar-refractivity contribution in [3.05, 3.63) is 30.2 Å². The summed E-state index contributed by atoms with van der Waals surface area (Å²) in [5, 5.41) is 13.8. The standard InChI is InChI=1S/C18H19F3N4O/c1-10-2-3-11(6-7-22-10)25-14-5-4-12(26)8-13(14)16-15(25)9-23-17(24-16)18(19,20)21/h4-5,8-11,22,26H,2-3,6-7H2,1H3/t10?,11-/m1/s1. The summed E-state index contributed by atoms with van der Waals surface area (Å²) in [5.41, 5.74) is 1.56. The summed E-state index contributed by atoms with van der Waals surface area (Å²) in [6.45, 7) is 2.97.